The second kappa shape index (κ2) is 5.19. The first-order chi connectivity index (χ1) is 6.24. The molecule has 0 saturated carbocycles. The van der Waals surface area contributed by atoms with E-state index in [-0.39, 0.29) is 11.9 Å². The minimum Gasteiger partial charge on any atom is -0.469 e. The van der Waals surface area contributed by atoms with Crippen LogP contribution in [0.4, 0.5) is 0 Å². The Kier molecular flexibility index (Phi) is 4.18. The van der Waals surface area contributed by atoms with E-state index in [9.17, 15) is 9.90 Å². The lowest BCUT2D eigenvalue weighted by Gasteiger charge is -2.27. The SMILES string of the molecule is COC(=O)CC[C@H]1CCOC[C@@H]1O. The number of hydrogen-bond acceptors (Lipinski definition) is 4. The highest BCUT2D eigenvalue weighted by Gasteiger charge is 2.23. The first-order valence-electron chi connectivity index (χ1n) is 4.56. The molecule has 1 heterocycles. The van der Waals surface area contributed by atoms with E-state index in [1.165, 1.54) is 7.11 Å². The summed E-state index contributed by atoms with van der Waals surface area (Å²) < 4.78 is 9.60. The number of hydrogen-bond donors (Lipinski definition) is 1. The molecule has 0 aliphatic carbocycles. The summed E-state index contributed by atoms with van der Waals surface area (Å²) in [5, 5.41) is 9.48. The van der Waals surface area contributed by atoms with Crippen molar-refractivity contribution < 1.29 is 19.4 Å². The molecule has 0 aromatic heterocycles. The first-order valence-corrected chi connectivity index (χ1v) is 4.56. The second-order valence-electron chi connectivity index (χ2n) is 3.31. The molecule has 0 amide bonds. The Morgan fingerprint density at radius 2 is 2.46 bits per heavy atom. The molecule has 4 nitrogen and oxygen atoms in total. The minimum atomic E-state index is -0.418. The van der Waals surface area contributed by atoms with Crippen LogP contribution in [0.2, 0.25) is 0 Å². The lowest BCUT2D eigenvalue weighted by Crippen LogP contribution is -2.32. The van der Waals surface area contributed by atoms with Gasteiger partial charge in [0.15, 0.2) is 0 Å². The van der Waals surface area contributed by atoms with Gasteiger partial charge in [-0.1, -0.05) is 0 Å². The summed E-state index contributed by atoms with van der Waals surface area (Å²) in [6.45, 7) is 1.08. The zero-order valence-electron chi connectivity index (χ0n) is 7.86. The van der Waals surface area contributed by atoms with Crippen LogP contribution in [0, 0.1) is 5.92 Å². The van der Waals surface area contributed by atoms with Crippen LogP contribution >= 0.6 is 0 Å². The number of carbonyl (C=O) groups excluding carboxylic acids is 1. The molecule has 1 N–H and O–H groups in total. The minimum absolute atomic E-state index is 0.188. The van der Waals surface area contributed by atoms with Gasteiger partial charge in [-0.05, 0) is 18.8 Å². The van der Waals surface area contributed by atoms with Crippen LogP contribution in [0.3, 0.4) is 0 Å². The summed E-state index contributed by atoms with van der Waals surface area (Å²) >= 11 is 0. The van der Waals surface area contributed by atoms with Crippen molar-refractivity contribution in [2.24, 2.45) is 5.92 Å². The average molecular weight is 188 g/mol. The Balaban J connectivity index is 2.22. The second-order valence-corrected chi connectivity index (χ2v) is 3.31. The van der Waals surface area contributed by atoms with Gasteiger partial charge in [0.25, 0.3) is 0 Å². The molecule has 1 aliphatic heterocycles. The highest BCUT2D eigenvalue weighted by Crippen LogP contribution is 2.20. The van der Waals surface area contributed by atoms with Crippen LogP contribution < -0.4 is 0 Å². The van der Waals surface area contributed by atoms with Crippen molar-refractivity contribution in [3.05, 3.63) is 0 Å². The third kappa shape index (κ3) is 3.32. The van der Waals surface area contributed by atoms with Gasteiger partial charge >= 0.3 is 5.97 Å². The van der Waals surface area contributed by atoms with E-state index >= 15 is 0 Å². The average Bonchev–Trinajstić information content (AvgIpc) is 2.16. The molecule has 0 unspecified atom stereocenters. The first kappa shape index (κ1) is 10.5. The van der Waals surface area contributed by atoms with Crippen molar-refractivity contribution in [3.8, 4) is 0 Å². The fraction of sp³-hybridized carbons (Fsp3) is 0.889. The number of rotatable bonds is 3. The maximum atomic E-state index is 10.8. The van der Waals surface area contributed by atoms with Crippen LogP contribution in [0.1, 0.15) is 19.3 Å². The maximum absolute atomic E-state index is 10.8. The third-order valence-corrected chi connectivity index (χ3v) is 2.41. The van der Waals surface area contributed by atoms with Crippen LogP contribution in [0.5, 0.6) is 0 Å². The molecule has 1 fully saturated rings. The number of methoxy groups -OCH3 is 1. The molecular weight excluding hydrogens is 172 g/mol. The van der Waals surface area contributed by atoms with Gasteiger partial charge in [-0.3, -0.25) is 4.79 Å². The Morgan fingerprint density at radius 1 is 1.69 bits per heavy atom. The van der Waals surface area contributed by atoms with Gasteiger partial charge in [-0.15, -0.1) is 0 Å². The molecule has 0 radical (unpaired) electrons. The van der Waals surface area contributed by atoms with Crippen LogP contribution in [0.25, 0.3) is 0 Å². The van der Waals surface area contributed by atoms with Crippen molar-refractivity contribution in [3.63, 3.8) is 0 Å². The summed E-state index contributed by atoms with van der Waals surface area (Å²) in [5.74, 6) is -0.0217. The summed E-state index contributed by atoms with van der Waals surface area (Å²) in [5.41, 5.74) is 0. The number of ether oxygens (including phenoxy) is 2. The standard InChI is InChI=1S/C9H16O4/c1-12-9(11)3-2-7-4-5-13-6-8(7)10/h7-8,10H,2-6H2,1H3/t7-,8-/m0/s1. The van der Waals surface area contributed by atoms with Crippen molar-refractivity contribution in [2.45, 2.75) is 25.4 Å². The fourth-order valence-corrected chi connectivity index (χ4v) is 1.51. The van der Waals surface area contributed by atoms with Crippen LogP contribution in [-0.4, -0.2) is 37.5 Å². The van der Waals surface area contributed by atoms with E-state index in [1.54, 1.807) is 0 Å². The van der Waals surface area contributed by atoms with Crippen LogP contribution in [0.15, 0.2) is 0 Å². The van der Waals surface area contributed by atoms with Gasteiger partial charge in [-0.25, -0.2) is 0 Å². The van der Waals surface area contributed by atoms with E-state index in [4.69, 9.17) is 4.74 Å². The summed E-state index contributed by atoms with van der Waals surface area (Å²) in [6, 6.07) is 0. The summed E-state index contributed by atoms with van der Waals surface area (Å²) in [4.78, 5) is 10.8. The lowest BCUT2D eigenvalue weighted by molar-refractivity contribution is -0.141. The molecule has 1 aliphatic rings. The quantitative estimate of drug-likeness (QED) is 0.649. The molecule has 1 saturated heterocycles. The molecule has 1 rings (SSSR count). The van der Waals surface area contributed by atoms with E-state index in [0.717, 1.165) is 6.42 Å². The van der Waals surface area contributed by atoms with Gasteiger partial charge < -0.3 is 14.6 Å². The number of carbonyl (C=O) groups is 1. The monoisotopic (exact) mass is 188 g/mol. The highest BCUT2D eigenvalue weighted by atomic mass is 16.5. The molecule has 76 valence electrons. The fourth-order valence-electron chi connectivity index (χ4n) is 1.51. The van der Waals surface area contributed by atoms with Gasteiger partial charge in [0.05, 0.1) is 19.8 Å². The molecule has 0 aromatic rings. The van der Waals surface area contributed by atoms with E-state index in [2.05, 4.69) is 4.74 Å². The molecule has 0 spiro atoms. The summed E-state index contributed by atoms with van der Waals surface area (Å²) in [7, 11) is 1.38. The largest absolute Gasteiger partial charge is 0.469 e. The van der Waals surface area contributed by atoms with E-state index in [1.807, 2.05) is 0 Å². The molecule has 0 aromatic carbocycles. The van der Waals surface area contributed by atoms with Crippen molar-refractivity contribution in [1.82, 2.24) is 0 Å². The molecule has 0 bridgehead atoms. The van der Waals surface area contributed by atoms with Gasteiger partial charge in [0, 0.05) is 13.0 Å². The Morgan fingerprint density at radius 3 is 3.08 bits per heavy atom. The number of aliphatic hydroxyl groups is 1. The van der Waals surface area contributed by atoms with Crippen LogP contribution in [-0.2, 0) is 14.3 Å². The summed E-state index contributed by atoms with van der Waals surface area (Å²) in [6.07, 6.45) is 1.49. The van der Waals surface area contributed by atoms with Gasteiger partial charge in [-0.2, -0.15) is 0 Å². The van der Waals surface area contributed by atoms with Gasteiger partial charge in [0.1, 0.15) is 0 Å². The molecule has 2 atom stereocenters. The highest BCUT2D eigenvalue weighted by molar-refractivity contribution is 5.69. The Bertz CT molecular complexity index is 169. The predicted molar refractivity (Wildman–Crippen MR) is 46.2 cm³/mol. The predicted octanol–water partition coefficient (Wildman–Crippen LogP) is 0.337. The number of esters is 1. The smallest absolute Gasteiger partial charge is 0.305 e. The van der Waals surface area contributed by atoms with Crippen molar-refractivity contribution in [1.29, 1.82) is 0 Å². The topological polar surface area (TPSA) is 55.8 Å². The normalized spacial score (nSPS) is 28.5. The third-order valence-electron chi connectivity index (χ3n) is 2.41. The van der Waals surface area contributed by atoms with Crippen molar-refractivity contribution in [2.75, 3.05) is 20.3 Å². The Labute approximate surface area is 77.8 Å². The number of aliphatic hydroxyl groups excluding tert-OH is 1. The van der Waals surface area contributed by atoms with E-state index < -0.39 is 6.10 Å². The van der Waals surface area contributed by atoms with E-state index in [0.29, 0.717) is 26.1 Å². The molecule has 13 heavy (non-hydrogen) atoms. The zero-order valence-corrected chi connectivity index (χ0v) is 7.86. The molecule has 4 heteroatoms. The van der Waals surface area contributed by atoms with Crippen molar-refractivity contribution >= 4 is 5.97 Å². The maximum Gasteiger partial charge on any atom is 0.305 e. The van der Waals surface area contributed by atoms with Gasteiger partial charge in [0.2, 0.25) is 0 Å². The Hall–Kier alpha value is -0.610. The molecular formula is C9H16O4. The lowest BCUT2D eigenvalue weighted by atomic mass is 9.92. The zero-order chi connectivity index (χ0) is 9.68.